The lowest BCUT2D eigenvalue weighted by atomic mass is 10.0. The van der Waals surface area contributed by atoms with Crippen molar-refractivity contribution in [3.63, 3.8) is 0 Å². The third-order valence-electron chi connectivity index (χ3n) is 22.5. The maximum atomic E-state index is 12.5. The van der Waals surface area contributed by atoms with E-state index in [1.807, 2.05) is 152 Å². The van der Waals surface area contributed by atoms with Gasteiger partial charge in [-0.1, -0.05) is 288 Å². The minimum Gasteiger partial charge on any atom is -0.387 e. The molecule has 5 heterocycles. The number of unbranched alkanes of at least 4 members (excludes halogenated alkanes) is 18. The van der Waals surface area contributed by atoms with Gasteiger partial charge in [0.25, 0.3) is 0 Å². The number of amides is 3. The maximum Gasteiger partial charge on any atom is 0.220 e. The minimum absolute atomic E-state index is 0.0433. The molecule has 3 amide bonds. The molecule has 12 N–H and O–H groups in total. The van der Waals surface area contributed by atoms with Gasteiger partial charge in [-0.15, -0.1) is 0 Å². The number of benzene rings is 5. The largest absolute Gasteiger partial charge is 0.387 e. The number of hydrogen-bond donors (Lipinski definition) is 10. The number of hydrogen-bond acceptors (Lipinski definition) is 20. The summed E-state index contributed by atoms with van der Waals surface area (Å²) in [5.41, 5.74) is 16.4. The lowest BCUT2D eigenvalue weighted by Gasteiger charge is -2.33. The lowest BCUT2D eigenvalue weighted by molar-refractivity contribution is -0.124. The van der Waals surface area contributed by atoms with E-state index in [4.69, 9.17) is 35.2 Å². The first kappa shape index (κ1) is 101. The molecule has 0 saturated carbocycles. The van der Waals surface area contributed by atoms with E-state index in [1.165, 1.54) is 96.3 Å². The fourth-order valence-corrected chi connectivity index (χ4v) is 15.2. The lowest BCUT2D eigenvalue weighted by Crippen LogP contribution is -2.49. The average molecular weight is 1640 g/mol. The second-order valence-electron chi connectivity index (χ2n) is 32.3. The summed E-state index contributed by atoms with van der Waals surface area (Å²) in [6.07, 6.45) is 23.4. The van der Waals surface area contributed by atoms with Gasteiger partial charge in [-0.25, -0.2) is 0 Å². The summed E-state index contributed by atoms with van der Waals surface area (Å²) in [6.45, 7) is 25.9. The Morgan fingerprint density at radius 3 is 0.661 bits per heavy atom. The van der Waals surface area contributed by atoms with Crippen molar-refractivity contribution in [1.29, 1.82) is 0 Å². The first-order valence-electron chi connectivity index (χ1n) is 45.2. The molecule has 662 valence electrons. The molecule has 0 bridgehead atoms. The molecule has 5 saturated heterocycles. The van der Waals surface area contributed by atoms with Crippen LogP contribution in [0.25, 0.3) is 0 Å². The van der Waals surface area contributed by atoms with Gasteiger partial charge in [-0.3, -0.25) is 38.9 Å². The molecular formula is C95H154N10O13. The SMILES string of the molecule is CCCCCCCCCC(=O)N[C@@H](CN1CCOCC1)[C@@H](O)c1ccccc1.CCCCCCCCCC(=O)N[C@@H](CN1CCOCC1)[C@H](O)c1ccccc1.CCCCCCCCCC(=O)N[C@H](CN1CCOCC1)[C@H](O)c1ccccc1.N[C@H](CN1CCOCC1)[C@H](O)c1ccccc1.N[C@H](CN1CCOCC1)[C@H](O)c1ccccc1. The van der Waals surface area contributed by atoms with Gasteiger partial charge >= 0.3 is 0 Å². The van der Waals surface area contributed by atoms with Crippen LogP contribution in [0.15, 0.2) is 152 Å². The van der Waals surface area contributed by atoms with Crippen LogP contribution in [-0.2, 0) is 38.1 Å². The number of aliphatic hydroxyl groups is 5. The fourth-order valence-electron chi connectivity index (χ4n) is 15.2. The molecule has 5 aromatic rings. The zero-order valence-corrected chi connectivity index (χ0v) is 72.2. The number of aliphatic hydroxyl groups excluding tert-OH is 5. The maximum absolute atomic E-state index is 12.5. The normalized spacial score (nSPS) is 18.3. The van der Waals surface area contributed by atoms with Gasteiger partial charge in [0, 0.05) is 130 Å². The quantitative estimate of drug-likeness (QED) is 0.0162. The summed E-state index contributed by atoms with van der Waals surface area (Å²) in [6, 6.07) is 46.6. The summed E-state index contributed by atoms with van der Waals surface area (Å²) < 4.78 is 26.8. The van der Waals surface area contributed by atoms with E-state index in [-0.39, 0.29) is 47.9 Å². The smallest absolute Gasteiger partial charge is 0.220 e. The third kappa shape index (κ3) is 43.5. The van der Waals surface area contributed by atoms with E-state index in [9.17, 15) is 39.9 Å². The van der Waals surface area contributed by atoms with Crippen LogP contribution in [0.2, 0.25) is 0 Å². The topological polar surface area (TPSA) is 303 Å². The van der Waals surface area contributed by atoms with Gasteiger partial charge in [0.05, 0.1) is 96.4 Å². The second kappa shape index (κ2) is 63.7. The van der Waals surface area contributed by atoms with Gasteiger partial charge in [0.1, 0.15) is 18.3 Å². The molecule has 5 fully saturated rings. The summed E-state index contributed by atoms with van der Waals surface area (Å²) in [7, 11) is 0. The molecule has 0 spiro atoms. The monoisotopic (exact) mass is 1640 g/mol. The van der Waals surface area contributed by atoms with Crippen LogP contribution >= 0.6 is 0 Å². The highest BCUT2D eigenvalue weighted by Crippen LogP contribution is 2.24. The van der Waals surface area contributed by atoms with Gasteiger partial charge in [0.2, 0.25) is 17.7 Å². The molecular weight excluding hydrogens is 1490 g/mol. The van der Waals surface area contributed by atoms with Gasteiger partial charge in [-0.05, 0) is 47.1 Å². The van der Waals surface area contributed by atoms with E-state index in [0.29, 0.717) is 91.6 Å². The molecule has 10 rings (SSSR count). The second-order valence-corrected chi connectivity index (χ2v) is 32.3. The van der Waals surface area contributed by atoms with Crippen molar-refractivity contribution in [2.75, 3.05) is 164 Å². The van der Waals surface area contributed by atoms with Crippen LogP contribution in [0.1, 0.15) is 233 Å². The van der Waals surface area contributed by atoms with Crippen LogP contribution in [0, 0.1) is 0 Å². The standard InChI is InChI=1S/3C23H38N2O3.2C13H20N2O2/c3*1-2-3-4-5-6-7-11-14-22(26)24-21(19-25-15-17-28-18-16-25)23(27)20-12-9-8-10-13-20;2*14-12(10-15-6-8-17-9-7-15)13(16)11-4-2-1-3-5-11/h3*8-10,12-13,21,23,27H,2-7,11,14-19H2,1H3,(H,24,26);2*1-5,12-13,16H,6-10,14H2/t21-,23+;2*21-,23-;2*12-,13-/m01011/s1. The van der Waals surface area contributed by atoms with Crippen molar-refractivity contribution in [3.05, 3.63) is 179 Å². The van der Waals surface area contributed by atoms with Crippen molar-refractivity contribution in [2.24, 2.45) is 11.5 Å². The number of nitrogens with zero attached hydrogens (tertiary/aromatic N) is 5. The fraction of sp³-hybridized carbons (Fsp3) is 0.653. The third-order valence-corrected chi connectivity index (χ3v) is 22.5. The number of carbonyl (C=O) groups excluding carboxylic acids is 3. The number of carbonyl (C=O) groups is 3. The molecule has 5 aromatic carbocycles. The molecule has 10 atom stereocenters. The molecule has 5 aliphatic heterocycles. The highest BCUT2D eigenvalue weighted by molar-refractivity contribution is 5.77. The van der Waals surface area contributed by atoms with Crippen molar-refractivity contribution in [1.82, 2.24) is 40.4 Å². The molecule has 0 aliphatic carbocycles. The Kier molecular flexibility index (Phi) is 54.4. The summed E-state index contributed by atoms with van der Waals surface area (Å²) in [5.74, 6) is 0.130. The van der Waals surface area contributed by atoms with Crippen LogP contribution in [0.4, 0.5) is 0 Å². The number of morpholine rings is 5. The van der Waals surface area contributed by atoms with Crippen LogP contribution in [0.5, 0.6) is 0 Å². The predicted molar refractivity (Wildman–Crippen MR) is 473 cm³/mol. The molecule has 0 unspecified atom stereocenters. The summed E-state index contributed by atoms with van der Waals surface area (Å²) in [4.78, 5) is 48.7. The molecule has 0 aromatic heterocycles. The van der Waals surface area contributed by atoms with Crippen LogP contribution in [0.3, 0.4) is 0 Å². The molecule has 23 heteroatoms. The number of nitrogens with two attached hydrogens (primary N) is 2. The molecule has 0 radical (unpaired) electrons. The van der Waals surface area contributed by atoms with Crippen LogP contribution in [-0.4, -0.2) is 262 Å². The first-order valence-corrected chi connectivity index (χ1v) is 45.2. The van der Waals surface area contributed by atoms with E-state index in [1.54, 1.807) is 0 Å². The Hall–Kier alpha value is -6.17. The Labute approximate surface area is 709 Å². The Morgan fingerprint density at radius 2 is 0.458 bits per heavy atom. The molecule has 23 nitrogen and oxygen atoms in total. The van der Waals surface area contributed by atoms with Crippen molar-refractivity contribution in [2.45, 2.75) is 236 Å². The van der Waals surface area contributed by atoms with Crippen molar-refractivity contribution < 1.29 is 63.6 Å². The summed E-state index contributed by atoms with van der Waals surface area (Å²) >= 11 is 0. The van der Waals surface area contributed by atoms with E-state index in [0.717, 1.165) is 158 Å². The summed E-state index contributed by atoms with van der Waals surface area (Å²) in [5, 5.41) is 62.2. The van der Waals surface area contributed by atoms with E-state index in [2.05, 4.69) is 61.2 Å². The average Bonchev–Trinajstić information content (AvgIpc) is 0.866. The number of ether oxygens (including phenoxy) is 5. The van der Waals surface area contributed by atoms with Gasteiger partial charge in [-0.2, -0.15) is 0 Å². The van der Waals surface area contributed by atoms with Gasteiger partial charge in [0.15, 0.2) is 0 Å². The molecule has 118 heavy (non-hydrogen) atoms. The van der Waals surface area contributed by atoms with Crippen molar-refractivity contribution >= 4 is 17.7 Å². The van der Waals surface area contributed by atoms with Crippen LogP contribution < -0.4 is 27.4 Å². The van der Waals surface area contributed by atoms with Crippen molar-refractivity contribution in [3.8, 4) is 0 Å². The Morgan fingerprint density at radius 1 is 0.280 bits per heavy atom. The minimum atomic E-state index is -0.706. The van der Waals surface area contributed by atoms with E-state index < -0.39 is 30.5 Å². The first-order chi connectivity index (χ1) is 57.6. The van der Waals surface area contributed by atoms with E-state index >= 15 is 0 Å². The highest BCUT2D eigenvalue weighted by atomic mass is 16.5. The molecule has 5 aliphatic rings. The highest BCUT2D eigenvalue weighted by Gasteiger charge is 2.31. The Bertz CT molecular complexity index is 2930. The van der Waals surface area contributed by atoms with Gasteiger partial charge < -0.3 is 76.6 Å². The predicted octanol–water partition coefficient (Wildman–Crippen LogP) is 11.8. The zero-order chi connectivity index (χ0) is 84.3. The zero-order valence-electron chi connectivity index (χ0n) is 72.2. The number of rotatable bonds is 47. The Balaban J connectivity index is 0.000000232. The number of nitrogens with one attached hydrogen (secondary N) is 3.